The minimum absolute atomic E-state index is 0.0922. The topological polar surface area (TPSA) is 86.7 Å². The second kappa shape index (κ2) is 8.92. The molecule has 0 spiro atoms. The van der Waals surface area contributed by atoms with Gasteiger partial charge in [0, 0.05) is 11.8 Å². The van der Waals surface area contributed by atoms with Gasteiger partial charge in [-0.3, -0.25) is 4.79 Å². The van der Waals surface area contributed by atoms with E-state index in [1.54, 1.807) is 0 Å². The normalized spacial score (nSPS) is 12.5. The molecule has 0 fully saturated rings. The van der Waals surface area contributed by atoms with Crippen LogP contribution in [0.5, 0.6) is 5.75 Å². The molecule has 2 aromatic rings. The number of ether oxygens (including phenoxy) is 2. The number of sulfone groups is 1. The largest absolute Gasteiger partial charge is 0.451 e. The average Bonchev–Trinajstić information content (AvgIpc) is 2.60. The smallest absolute Gasteiger partial charge is 0.387 e. The third kappa shape index (κ3) is 6.41. The quantitative estimate of drug-likeness (QED) is 0.489. The van der Waals surface area contributed by atoms with Crippen LogP contribution in [0.1, 0.15) is 33.2 Å². The summed E-state index contributed by atoms with van der Waals surface area (Å²) >= 11 is 0. The van der Waals surface area contributed by atoms with E-state index < -0.39 is 34.3 Å². The van der Waals surface area contributed by atoms with Crippen molar-refractivity contribution in [3.05, 3.63) is 65.2 Å². The molecule has 6 nitrogen and oxygen atoms in total. The molecule has 9 heteroatoms. The zero-order valence-electron chi connectivity index (χ0n) is 15.1. The van der Waals surface area contributed by atoms with Crippen LogP contribution in [0.2, 0.25) is 0 Å². The molecule has 28 heavy (non-hydrogen) atoms. The van der Waals surface area contributed by atoms with Crippen LogP contribution in [-0.4, -0.2) is 39.1 Å². The number of ketones is 1. The number of hydrogen-bond donors (Lipinski definition) is 0. The van der Waals surface area contributed by atoms with Gasteiger partial charge in [0.15, 0.2) is 15.9 Å². The first-order chi connectivity index (χ1) is 13.0. The van der Waals surface area contributed by atoms with Gasteiger partial charge in [-0.2, -0.15) is 8.78 Å². The van der Waals surface area contributed by atoms with Gasteiger partial charge < -0.3 is 9.47 Å². The predicted octanol–water partition coefficient (Wildman–Crippen LogP) is 3.26. The molecular formula is C19H18F2O6S. The van der Waals surface area contributed by atoms with Crippen LogP contribution in [0.3, 0.4) is 0 Å². The molecule has 0 saturated carbocycles. The summed E-state index contributed by atoms with van der Waals surface area (Å²) in [6.45, 7) is -1.58. The maximum atomic E-state index is 12.3. The van der Waals surface area contributed by atoms with Crippen molar-refractivity contribution in [1.82, 2.24) is 0 Å². The summed E-state index contributed by atoms with van der Waals surface area (Å²) in [5.74, 6) is -1.50. The zero-order chi connectivity index (χ0) is 20.9. The Morgan fingerprint density at radius 3 is 2.00 bits per heavy atom. The van der Waals surface area contributed by atoms with Crippen molar-refractivity contribution >= 4 is 21.6 Å². The van der Waals surface area contributed by atoms with Crippen LogP contribution in [-0.2, 0) is 20.3 Å². The lowest BCUT2D eigenvalue weighted by Crippen LogP contribution is -2.24. The molecule has 2 rings (SSSR count). The summed E-state index contributed by atoms with van der Waals surface area (Å²) in [6.07, 6.45) is -0.000642. The second-order valence-corrected chi connectivity index (χ2v) is 8.22. The van der Waals surface area contributed by atoms with Gasteiger partial charge in [-0.15, -0.1) is 0 Å². The Morgan fingerprint density at radius 1 is 0.964 bits per heavy atom. The van der Waals surface area contributed by atoms with Gasteiger partial charge >= 0.3 is 12.6 Å². The lowest BCUT2D eigenvalue weighted by molar-refractivity contribution is -0.0498. The summed E-state index contributed by atoms with van der Waals surface area (Å²) in [5, 5.41) is 0. The van der Waals surface area contributed by atoms with Crippen LogP contribution in [0, 0.1) is 0 Å². The maximum absolute atomic E-state index is 12.3. The SMILES string of the molecule is C[C@H](OC(=O)c1ccc(CS(C)(=O)=O)cc1)C(=O)c1ccc(OC(F)F)cc1. The second-order valence-electron chi connectivity index (χ2n) is 6.08. The number of benzene rings is 2. The Hall–Kier alpha value is -2.81. The van der Waals surface area contributed by atoms with Crippen molar-refractivity contribution in [2.24, 2.45) is 0 Å². The number of alkyl halides is 2. The minimum atomic E-state index is -3.19. The van der Waals surface area contributed by atoms with E-state index in [4.69, 9.17) is 4.74 Å². The zero-order valence-corrected chi connectivity index (χ0v) is 15.9. The van der Waals surface area contributed by atoms with E-state index in [1.165, 1.54) is 55.5 Å². The van der Waals surface area contributed by atoms with E-state index in [1.807, 2.05) is 0 Å². The molecule has 0 heterocycles. The maximum Gasteiger partial charge on any atom is 0.387 e. The monoisotopic (exact) mass is 412 g/mol. The van der Waals surface area contributed by atoms with E-state index in [9.17, 15) is 26.8 Å². The van der Waals surface area contributed by atoms with Gasteiger partial charge in [0.05, 0.1) is 11.3 Å². The lowest BCUT2D eigenvalue weighted by atomic mass is 10.1. The molecule has 0 unspecified atom stereocenters. The van der Waals surface area contributed by atoms with Crippen molar-refractivity contribution in [1.29, 1.82) is 0 Å². The average molecular weight is 412 g/mol. The first-order valence-corrected chi connectivity index (χ1v) is 10.2. The number of carbonyl (C=O) groups excluding carboxylic acids is 2. The van der Waals surface area contributed by atoms with Crippen molar-refractivity contribution < 1.29 is 36.3 Å². The summed E-state index contributed by atoms with van der Waals surface area (Å²) in [4.78, 5) is 24.5. The van der Waals surface area contributed by atoms with Crippen LogP contribution < -0.4 is 4.74 Å². The highest BCUT2D eigenvalue weighted by Gasteiger charge is 2.21. The van der Waals surface area contributed by atoms with Crippen molar-refractivity contribution in [3.63, 3.8) is 0 Å². The number of carbonyl (C=O) groups is 2. The fourth-order valence-corrected chi connectivity index (χ4v) is 3.16. The summed E-state index contributed by atoms with van der Waals surface area (Å²) in [6, 6.07) is 10.8. The molecule has 150 valence electrons. The highest BCUT2D eigenvalue weighted by Crippen LogP contribution is 2.17. The minimum Gasteiger partial charge on any atom is -0.451 e. The number of Topliss-reactive ketones (excluding diaryl/α,β-unsaturated/α-hetero) is 1. The van der Waals surface area contributed by atoms with Crippen molar-refractivity contribution in [3.8, 4) is 5.75 Å². The Kier molecular flexibility index (Phi) is 6.85. The number of rotatable bonds is 8. The molecular weight excluding hydrogens is 394 g/mol. The standard InChI is InChI=1S/C19H18F2O6S/c1-12(17(22)14-7-9-16(10-8-14)27-19(20)21)26-18(23)15-5-3-13(4-6-15)11-28(2,24)25/h3-10,12,19H,11H2,1-2H3/t12-/m0/s1. The molecule has 2 aromatic carbocycles. The number of halogens is 2. The fourth-order valence-electron chi connectivity index (χ4n) is 2.36. The van der Waals surface area contributed by atoms with Crippen molar-refractivity contribution in [2.75, 3.05) is 6.26 Å². The Bertz CT molecular complexity index is 937. The molecule has 0 aromatic heterocycles. The van der Waals surface area contributed by atoms with Crippen molar-refractivity contribution in [2.45, 2.75) is 25.4 Å². The first kappa shape index (κ1) is 21.5. The fraction of sp³-hybridized carbons (Fsp3) is 0.263. The highest BCUT2D eigenvalue weighted by molar-refractivity contribution is 7.89. The van der Waals surface area contributed by atoms with Gasteiger partial charge in [0.25, 0.3) is 0 Å². The number of hydrogen-bond acceptors (Lipinski definition) is 6. The lowest BCUT2D eigenvalue weighted by Gasteiger charge is -2.13. The van der Waals surface area contributed by atoms with Gasteiger partial charge in [-0.25, -0.2) is 13.2 Å². The van der Waals surface area contributed by atoms with Gasteiger partial charge in [0.1, 0.15) is 5.75 Å². The number of esters is 1. The molecule has 0 radical (unpaired) electrons. The van der Waals surface area contributed by atoms with E-state index in [0.717, 1.165) is 6.26 Å². The van der Waals surface area contributed by atoms with Gasteiger partial charge in [-0.05, 0) is 48.9 Å². The molecule has 0 saturated heterocycles. The van der Waals surface area contributed by atoms with Crippen LogP contribution >= 0.6 is 0 Å². The molecule has 0 amide bonds. The van der Waals surface area contributed by atoms with E-state index in [0.29, 0.717) is 5.56 Å². The Labute approximate surface area is 161 Å². The van der Waals surface area contributed by atoms with E-state index in [-0.39, 0.29) is 22.6 Å². The Morgan fingerprint density at radius 2 is 1.50 bits per heavy atom. The van der Waals surface area contributed by atoms with E-state index in [2.05, 4.69) is 4.74 Å². The Balaban J connectivity index is 2.00. The van der Waals surface area contributed by atoms with Crippen LogP contribution in [0.4, 0.5) is 8.78 Å². The predicted molar refractivity (Wildman–Crippen MR) is 97.3 cm³/mol. The summed E-state index contributed by atoms with van der Waals surface area (Å²) in [5.41, 5.74) is 0.859. The molecule has 0 aliphatic carbocycles. The molecule has 0 bridgehead atoms. The molecule has 0 aliphatic heterocycles. The van der Waals surface area contributed by atoms with Crippen LogP contribution in [0.15, 0.2) is 48.5 Å². The van der Waals surface area contributed by atoms with Crippen LogP contribution in [0.25, 0.3) is 0 Å². The van der Waals surface area contributed by atoms with Gasteiger partial charge in [0.2, 0.25) is 5.78 Å². The summed E-state index contributed by atoms with van der Waals surface area (Å²) in [7, 11) is -3.19. The third-order valence-corrected chi connectivity index (χ3v) is 4.49. The highest BCUT2D eigenvalue weighted by atomic mass is 32.2. The summed E-state index contributed by atoms with van der Waals surface area (Å²) < 4.78 is 56.2. The molecule has 0 aliphatic rings. The van der Waals surface area contributed by atoms with E-state index >= 15 is 0 Å². The molecule has 1 atom stereocenters. The first-order valence-electron chi connectivity index (χ1n) is 8.12. The molecule has 0 N–H and O–H groups in total. The third-order valence-electron chi connectivity index (χ3n) is 3.64. The van der Waals surface area contributed by atoms with Gasteiger partial charge in [-0.1, -0.05) is 12.1 Å².